The van der Waals surface area contributed by atoms with Crippen molar-refractivity contribution in [2.75, 3.05) is 36.4 Å². The monoisotopic (exact) mass is 516 g/mol. The Kier molecular flexibility index (Phi) is 7.71. The molecule has 2 heterocycles. The van der Waals surface area contributed by atoms with Crippen LogP contribution in [0.4, 0.5) is 10.7 Å². The van der Waals surface area contributed by atoms with Gasteiger partial charge < -0.3 is 15.1 Å². The lowest BCUT2D eigenvalue weighted by atomic mass is 9.97. The zero-order chi connectivity index (χ0) is 24.9. The van der Waals surface area contributed by atoms with E-state index in [1.54, 1.807) is 11.3 Å². The molecule has 5 rings (SSSR count). The third kappa shape index (κ3) is 5.49. The number of carbonyl (C=O) groups is 1. The van der Waals surface area contributed by atoms with Crippen molar-refractivity contribution < 1.29 is 9.69 Å². The average Bonchev–Trinajstić information content (AvgIpc) is 3.33. The Labute approximate surface area is 222 Å². The maximum Gasteiger partial charge on any atom is 0.256 e. The number of benzene rings is 3. The molecule has 3 aromatic carbocycles. The summed E-state index contributed by atoms with van der Waals surface area (Å²) in [6.45, 7) is 6.15. The van der Waals surface area contributed by atoms with Gasteiger partial charge in [0.1, 0.15) is 11.0 Å². The number of amides is 1. The number of halogens is 1. The van der Waals surface area contributed by atoms with Gasteiger partial charge in [0.15, 0.2) is 0 Å². The van der Waals surface area contributed by atoms with Crippen LogP contribution in [0.3, 0.4) is 0 Å². The molecular formula is C30H31ClN3OS+. The second-order valence-electron chi connectivity index (χ2n) is 9.14. The molecule has 4 nitrogen and oxygen atoms in total. The van der Waals surface area contributed by atoms with Gasteiger partial charge in [0.25, 0.3) is 5.91 Å². The van der Waals surface area contributed by atoms with Crippen LogP contribution in [0.25, 0.3) is 0 Å². The largest absolute Gasteiger partial charge is 0.360 e. The van der Waals surface area contributed by atoms with E-state index in [0.29, 0.717) is 5.56 Å². The molecule has 1 aliphatic heterocycles. The number of anilines is 2. The molecule has 0 spiro atoms. The van der Waals surface area contributed by atoms with Crippen LogP contribution in [0.2, 0.25) is 5.02 Å². The molecule has 0 saturated carbocycles. The number of quaternary nitrogens is 1. The lowest BCUT2D eigenvalue weighted by molar-refractivity contribution is -0.926. The van der Waals surface area contributed by atoms with E-state index >= 15 is 0 Å². The molecule has 6 heteroatoms. The standard InChI is InChI=1S/C30H30ClN3OS/c1-2-26-21-27(30(36-26)32-29(35)23-9-5-3-6-10-23)28(22-13-15-24(31)16-14-22)34-19-17-33(18-20-34)25-11-7-4-8-12-25/h3-16,21,28H,2,17-20H2,1H3,(H,32,35)/p+1/t28-/m1/s1. The molecule has 1 aliphatic rings. The van der Waals surface area contributed by atoms with Crippen molar-refractivity contribution in [1.29, 1.82) is 0 Å². The van der Waals surface area contributed by atoms with E-state index in [0.717, 1.165) is 42.6 Å². The lowest BCUT2D eigenvalue weighted by Crippen LogP contribution is -3.15. The van der Waals surface area contributed by atoms with Gasteiger partial charge in [-0.25, -0.2) is 0 Å². The number of hydrogen-bond donors (Lipinski definition) is 2. The Bertz CT molecular complexity index is 1280. The maximum atomic E-state index is 13.1. The van der Waals surface area contributed by atoms with E-state index in [1.807, 2.05) is 42.5 Å². The molecule has 1 aromatic heterocycles. The van der Waals surface area contributed by atoms with Crippen LogP contribution in [0.15, 0.2) is 91.0 Å². The zero-order valence-corrected chi connectivity index (χ0v) is 22.0. The van der Waals surface area contributed by atoms with Crippen molar-refractivity contribution in [1.82, 2.24) is 0 Å². The molecule has 184 valence electrons. The molecule has 1 amide bonds. The fourth-order valence-corrected chi connectivity index (χ4v) is 6.14. The van der Waals surface area contributed by atoms with E-state index in [1.165, 1.54) is 26.6 Å². The van der Waals surface area contributed by atoms with Gasteiger partial charge >= 0.3 is 0 Å². The Morgan fingerprint density at radius 2 is 1.61 bits per heavy atom. The number of carbonyl (C=O) groups excluding carboxylic acids is 1. The fraction of sp³-hybridized carbons (Fsp3) is 0.233. The highest BCUT2D eigenvalue weighted by atomic mass is 35.5. The number of hydrogen-bond acceptors (Lipinski definition) is 3. The summed E-state index contributed by atoms with van der Waals surface area (Å²) in [5, 5.41) is 4.92. The third-order valence-electron chi connectivity index (χ3n) is 6.87. The van der Waals surface area contributed by atoms with E-state index in [9.17, 15) is 4.79 Å². The molecule has 1 atom stereocenters. The maximum absolute atomic E-state index is 13.1. The molecule has 36 heavy (non-hydrogen) atoms. The van der Waals surface area contributed by atoms with E-state index < -0.39 is 0 Å². The predicted molar refractivity (Wildman–Crippen MR) is 151 cm³/mol. The lowest BCUT2D eigenvalue weighted by Gasteiger charge is -2.38. The van der Waals surface area contributed by atoms with Gasteiger partial charge in [-0.15, -0.1) is 11.3 Å². The van der Waals surface area contributed by atoms with Crippen molar-refractivity contribution >= 4 is 39.5 Å². The first-order chi connectivity index (χ1) is 17.6. The molecule has 0 radical (unpaired) electrons. The van der Waals surface area contributed by atoms with Gasteiger partial charge in [0, 0.05) is 32.3 Å². The first-order valence-electron chi connectivity index (χ1n) is 12.5. The number of piperazine rings is 1. The van der Waals surface area contributed by atoms with Crippen LogP contribution in [-0.2, 0) is 6.42 Å². The van der Waals surface area contributed by atoms with E-state index in [2.05, 4.69) is 65.7 Å². The highest BCUT2D eigenvalue weighted by Crippen LogP contribution is 2.36. The van der Waals surface area contributed by atoms with Crippen LogP contribution in [0.5, 0.6) is 0 Å². The Balaban J connectivity index is 1.47. The average molecular weight is 517 g/mol. The summed E-state index contributed by atoms with van der Waals surface area (Å²) in [5.74, 6) is -0.0693. The minimum Gasteiger partial charge on any atom is -0.360 e. The SMILES string of the molecule is CCc1cc([C@@H](c2ccc(Cl)cc2)[NH+]2CCN(c3ccccc3)CC2)c(NC(=O)c2ccccc2)s1. The van der Waals surface area contributed by atoms with Crippen LogP contribution >= 0.6 is 22.9 Å². The number of para-hydroxylation sites is 1. The predicted octanol–water partition coefficient (Wildman–Crippen LogP) is 5.71. The second kappa shape index (κ2) is 11.3. The van der Waals surface area contributed by atoms with Crippen molar-refractivity contribution in [3.63, 3.8) is 0 Å². The molecule has 1 saturated heterocycles. The summed E-state index contributed by atoms with van der Waals surface area (Å²) in [6, 6.07) is 30.7. The molecule has 2 N–H and O–H groups in total. The first-order valence-corrected chi connectivity index (χ1v) is 13.7. The highest BCUT2D eigenvalue weighted by Gasteiger charge is 2.33. The number of thiophene rings is 1. The quantitative estimate of drug-likeness (QED) is 0.330. The van der Waals surface area contributed by atoms with Crippen molar-refractivity contribution in [3.05, 3.63) is 118 Å². The Morgan fingerprint density at radius 1 is 0.972 bits per heavy atom. The van der Waals surface area contributed by atoms with Crippen LogP contribution in [0, 0.1) is 0 Å². The van der Waals surface area contributed by atoms with Gasteiger partial charge in [-0.1, -0.05) is 67.1 Å². The molecule has 4 aromatic rings. The summed E-state index contributed by atoms with van der Waals surface area (Å²) in [5.41, 5.74) is 4.35. The van der Waals surface area contributed by atoms with E-state index in [4.69, 9.17) is 11.6 Å². The van der Waals surface area contributed by atoms with Crippen molar-refractivity contribution in [3.8, 4) is 0 Å². The molecule has 0 unspecified atom stereocenters. The number of rotatable bonds is 7. The summed E-state index contributed by atoms with van der Waals surface area (Å²) in [6.07, 6.45) is 0.934. The smallest absolute Gasteiger partial charge is 0.256 e. The number of nitrogens with one attached hydrogen (secondary N) is 2. The van der Waals surface area contributed by atoms with Gasteiger partial charge in [-0.2, -0.15) is 0 Å². The Hall–Kier alpha value is -3.12. The fourth-order valence-electron chi connectivity index (χ4n) is 4.98. The van der Waals surface area contributed by atoms with Crippen LogP contribution in [0.1, 0.15) is 39.3 Å². The molecule has 0 bridgehead atoms. The summed E-state index contributed by atoms with van der Waals surface area (Å²) in [7, 11) is 0. The minimum atomic E-state index is -0.0693. The van der Waals surface area contributed by atoms with Gasteiger partial charge in [0.2, 0.25) is 0 Å². The van der Waals surface area contributed by atoms with E-state index in [-0.39, 0.29) is 11.9 Å². The van der Waals surface area contributed by atoms with Crippen molar-refractivity contribution in [2.24, 2.45) is 0 Å². The topological polar surface area (TPSA) is 36.8 Å². The summed E-state index contributed by atoms with van der Waals surface area (Å²) < 4.78 is 0. The molecule has 1 fully saturated rings. The van der Waals surface area contributed by atoms with Gasteiger partial charge in [-0.3, -0.25) is 4.79 Å². The zero-order valence-electron chi connectivity index (χ0n) is 20.4. The number of nitrogens with zero attached hydrogens (tertiary/aromatic N) is 1. The van der Waals surface area contributed by atoms with Crippen LogP contribution < -0.4 is 15.1 Å². The Morgan fingerprint density at radius 3 is 2.25 bits per heavy atom. The minimum absolute atomic E-state index is 0.0693. The second-order valence-corrected chi connectivity index (χ2v) is 10.7. The van der Waals surface area contributed by atoms with Crippen molar-refractivity contribution in [2.45, 2.75) is 19.4 Å². The molecule has 0 aliphatic carbocycles. The summed E-state index contributed by atoms with van der Waals surface area (Å²) >= 11 is 7.95. The molecular weight excluding hydrogens is 486 g/mol. The normalized spacial score (nSPS) is 15.0. The van der Waals surface area contributed by atoms with Gasteiger partial charge in [-0.05, 0) is 48.9 Å². The van der Waals surface area contributed by atoms with Crippen LogP contribution in [-0.4, -0.2) is 32.1 Å². The summed E-state index contributed by atoms with van der Waals surface area (Å²) in [4.78, 5) is 18.3. The first kappa shape index (κ1) is 24.6. The highest BCUT2D eigenvalue weighted by molar-refractivity contribution is 7.16. The van der Waals surface area contributed by atoms with Gasteiger partial charge in [0.05, 0.1) is 26.2 Å². The third-order valence-corrected chi connectivity index (χ3v) is 8.34. The number of aryl methyl sites for hydroxylation is 1.